The Kier molecular flexibility index (Phi) is 3.57. The van der Waals surface area contributed by atoms with Crippen molar-refractivity contribution >= 4 is 23.0 Å². The fourth-order valence-electron chi connectivity index (χ4n) is 1.61. The van der Waals surface area contributed by atoms with Crippen molar-refractivity contribution in [2.24, 2.45) is 0 Å². The number of thiazole rings is 1. The van der Waals surface area contributed by atoms with Crippen LogP contribution in [-0.4, -0.2) is 16.1 Å². The Labute approximate surface area is 107 Å². The van der Waals surface area contributed by atoms with Gasteiger partial charge in [0.05, 0.1) is 11.7 Å². The highest BCUT2D eigenvalue weighted by Gasteiger charge is 2.17. The lowest BCUT2D eigenvalue weighted by atomic mass is 10.1. The van der Waals surface area contributed by atoms with Gasteiger partial charge >= 0.3 is 5.97 Å². The predicted octanol–water partition coefficient (Wildman–Crippen LogP) is 3.15. The molecule has 2 rings (SSSR count). The van der Waals surface area contributed by atoms with Gasteiger partial charge in [-0.15, -0.1) is 11.3 Å². The minimum absolute atomic E-state index is 0.176. The van der Waals surface area contributed by atoms with E-state index in [-0.39, 0.29) is 17.3 Å². The Balaban J connectivity index is 2.29. The summed E-state index contributed by atoms with van der Waals surface area (Å²) in [5.74, 6) is -2.04. The molecule has 0 radical (unpaired) electrons. The Morgan fingerprint density at radius 2 is 2.33 bits per heavy atom. The molecule has 1 atom stereocenters. The number of benzene rings is 1. The van der Waals surface area contributed by atoms with Gasteiger partial charge < -0.3 is 10.4 Å². The van der Waals surface area contributed by atoms with Crippen molar-refractivity contribution in [3.8, 4) is 0 Å². The molecule has 0 aliphatic carbocycles. The molecule has 0 spiro atoms. The van der Waals surface area contributed by atoms with Crippen LogP contribution in [0.2, 0.25) is 0 Å². The third-order valence-electron chi connectivity index (χ3n) is 2.42. The summed E-state index contributed by atoms with van der Waals surface area (Å²) >= 11 is 1.45. The van der Waals surface area contributed by atoms with Gasteiger partial charge in [-0.25, -0.2) is 14.2 Å². The van der Waals surface area contributed by atoms with E-state index < -0.39 is 11.8 Å². The van der Waals surface area contributed by atoms with Crippen molar-refractivity contribution in [2.75, 3.05) is 5.32 Å². The van der Waals surface area contributed by atoms with E-state index in [1.807, 2.05) is 12.3 Å². The minimum Gasteiger partial charge on any atom is -0.478 e. The molecule has 0 saturated carbocycles. The molecule has 1 aromatic carbocycles. The predicted molar refractivity (Wildman–Crippen MR) is 67.5 cm³/mol. The number of hydrogen-bond donors (Lipinski definition) is 2. The normalized spacial score (nSPS) is 12.1. The summed E-state index contributed by atoms with van der Waals surface area (Å²) in [5, 5.41) is 14.6. The van der Waals surface area contributed by atoms with E-state index in [0.717, 1.165) is 11.1 Å². The smallest absolute Gasteiger partial charge is 0.340 e. The van der Waals surface area contributed by atoms with Crippen LogP contribution in [0.15, 0.2) is 29.8 Å². The van der Waals surface area contributed by atoms with E-state index in [0.29, 0.717) is 0 Å². The van der Waals surface area contributed by atoms with Crippen molar-refractivity contribution in [2.45, 2.75) is 13.0 Å². The molecule has 0 aliphatic rings. The topological polar surface area (TPSA) is 62.2 Å². The molecule has 94 valence electrons. The van der Waals surface area contributed by atoms with Gasteiger partial charge in [-0.1, -0.05) is 6.07 Å². The van der Waals surface area contributed by atoms with E-state index in [1.54, 1.807) is 6.20 Å². The molecule has 1 unspecified atom stereocenters. The standard InChI is InChI=1S/C12H11FN2O2S/c1-7(11-14-5-6-18-11)15-9-4-2-3-8(13)10(9)12(16)17/h2-7,15H,1H3,(H,16,17). The van der Waals surface area contributed by atoms with Crippen LogP contribution in [0.1, 0.15) is 28.3 Å². The van der Waals surface area contributed by atoms with Gasteiger partial charge in [0.2, 0.25) is 0 Å². The summed E-state index contributed by atoms with van der Waals surface area (Å²) in [6.07, 6.45) is 1.67. The van der Waals surface area contributed by atoms with Gasteiger partial charge in [-0.05, 0) is 19.1 Å². The van der Waals surface area contributed by atoms with E-state index in [2.05, 4.69) is 10.3 Å². The number of aromatic carboxylic acids is 1. The minimum atomic E-state index is -1.29. The number of carboxylic acids is 1. The maximum atomic E-state index is 13.5. The summed E-state index contributed by atoms with van der Waals surface area (Å²) in [4.78, 5) is 15.1. The van der Waals surface area contributed by atoms with Crippen molar-refractivity contribution < 1.29 is 14.3 Å². The first-order valence-corrected chi connectivity index (χ1v) is 6.15. The summed E-state index contributed by atoms with van der Waals surface area (Å²) in [5.41, 5.74) is -0.0916. The lowest BCUT2D eigenvalue weighted by molar-refractivity contribution is 0.0693. The second-order valence-corrected chi connectivity index (χ2v) is 4.63. The number of nitrogens with zero attached hydrogens (tertiary/aromatic N) is 1. The second-order valence-electron chi connectivity index (χ2n) is 3.70. The summed E-state index contributed by atoms with van der Waals surface area (Å²) in [6, 6.07) is 3.96. The number of anilines is 1. The van der Waals surface area contributed by atoms with Gasteiger partial charge in [0.1, 0.15) is 16.4 Å². The molecule has 2 N–H and O–H groups in total. The van der Waals surface area contributed by atoms with Gasteiger partial charge in [0.15, 0.2) is 0 Å². The molecule has 18 heavy (non-hydrogen) atoms. The number of rotatable bonds is 4. The van der Waals surface area contributed by atoms with Crippen LogP contribution in [-0.2, 0) is 0 Å². The first kappa shape index (κ1) is 12.5. The summed E-state index contributed by atoms with van der Waals surface area (Å²) in [6.45, 7) is 1.84. The maximum absolute atomic E-state index is 13.5. The lowest BCUT2D eigenvalue weighted by Gasteiger charge is -2.15. The van der Waals surface area contributed by atoms with E-state index >= 15 is 0 Å². The molecule has 0 bridgehead atoms. The third-order valence-corrected chi connectivity index (χ3v) is 3.38. The SMILES string of the molecule is CC(Nc1cccc(F)c1C(=O)O)c1nccs1. The number of nitrogens with one attached hydrogen (secondary N) is 1. The average Bonchev–Trinajstić information content (AvgIpc) is 2.81. The highest BCUT2D eigenvalue weighted by atomic mass is 32.1. The van der Waals surface area contributed by atoms with Crippen LogP contribution in [0.3, 0.4) is 0 Å². The van der Waals surface area contributed by atoms with Crippen molar-refractivity contribution in [3.05, 3.63) is 46.2 Å². The second kappa shape index (κ2) is 5.14. The van der Waals surface area contributed by atoms with Crippen LogP contribution < -0.4 is 5.32 Å². The molecular weight excluding hydrogens is 255 g/mol. The molecular formula is C12H11FN2O2S. The Morgan fingerprint density at radius 3 is 2.94 bits per heavy atom. The molecule has 4 nitrogen and oxygen atoms in total. The number of hydrogen-bond acceptors (Lipinski definition) is 4. The zero-order valence-electron chi connectivity index (χ0n) is 9.55. The monoisotopic (exact) mass is 266 g/mol. The van der Waals surface area contributed by atoms with Crippen LogP contribution in [0.5, 0.6) is 0 Å². The van der Waals surface area contributed by atoms with Gasteiger partial charge in [0.25, 0.3) is 0 Å². The first-order valence-electron chi connectivity index (χ1n) is 5.27. The first-order chi connectivity index (χ1) is 8.59. The largest absolute Gasteiger partial charge is 0.478 e. The molecule has 6 heteroatoms. The number of carboxylic acid groups (broad SMARTS) is 1. The molecule has 0 amide bonds. The van der Waals surface area contributed by atoms with Gasteiger partial charge in [-0.2, -0.15) is 0 Å². The zero-order valence-corrected chi connectivity index (χ0v) is 10.4. The van der Waals surface area contributed by atoms with E-state index in [9.17, 15) is 9.18 Å². The fraction of sp³-hybridized carbons (Fsp3) is 0.167. The number of aromatic nitrogens is 1. The Morgan fingerprint density at radius 1 is 1.56 bits per heavy atom. The Bertz CT molecular complexity index is 557. The third kappa shape index (κ3) is 2.48. The lowest BCUT2D eigenvalue weighted by Crippen LogP contribution is -2.12. The van der Waals surface area contributed by atoms with Crippen LogP contribution in [0.4, 0.5) is 10.1 Å². The highest BCUT2D eigenvalue weighted by Crippen LogP contribution is 2.25. The summed E-state index contributed by atoms with van der Waals surface area (Å²) in [7, 11) is 0. The molecule has 1 aromatic heterocycles. The average molecular weight is 266 g/mol. The van der Waals surface area contributed by atoms with E-state index in [4.69, 9.17) is 5.11 Å². The fourth-order valence-corrected chi connectivity index (χ4v) is 2.25. The van der Waals surface area contributed by atoms with Gasteiger partial charge in [0, 0.05) is 11.6 Å². The number of halogens is 1. The molecule has 0 fully saturated rings. The van der Waals surface area contributed by atoms with Crippen molar-refractivity contribution in [3.63, 3.8) is 0 Å². The molecule has 0 aliphatic heterocycles. The maximum Gasteiger partial charge on any atom is 0.340 e. The molecule has 2 aromatic rings. The summed E-state index contributed by atoms with van der Waals surface area (Å²) < 4.78 is 13.5. The van der Waals surface area contributed by atoms with Crippen molar-refractivity contribution in [1.29, 1.82) is 0 Å². The highest BCUT2D eigenvalue weighted by molar-refractivity contribution is 7.09. The zero-order chi connectivity index (χ0) is 13.1. The van der Waals surface area contributed by atoms with Crippen LogP contribution in [0, 0.1) is 5.82 Å². The van der Waals surface area contributed by atoms with Crippen LogP contribution >= 0.6 is 11.3 Å². The number of carbonyl (C=O) groups is 1. The molecule has 1 heterocycles. The van der Waals surface area contributed by atoms with Gasteiger partial charge in [-0.3, -0.25) is 0 Å². The van der Waals surface area contributed by atoms with Crippen LogP contribution in [0.25, 0.3) is 0 Å². The van der Waals surface area contributed by atoms with Crippen molar-refractivity contribution in [1.82, 2.24) is 4.98 Å². The van der Waals surface area contributed by atoms with E-state index in [1.165, 1.54) is 23.5 Å². The molecule has 0 saturated heterocycles. The Hall–Kier alpha value is -1.95. The quantitative estimate of drug-likeness (QED) is 0.892.